The van der Waals surface area contributed by atoms with Gasteiger partial charge in [-0.15, -0.1) is 0 Å². The van der Waals surface area contributed by atoms with Crippen LogP contribution in [0.1, 0.15) is 103 Å². The van der Waals surface area contributed by atoms with E-state index in [0.717, 1.165) is 11.1 Å². The second kappa shape index (κ2) is 38.7. The summed E-state index contributed by atoms with van der Waals surface area (Å²) >= 11 is 54.3. The second-order valence-corrected chi connectivity index (χ2v) is 26.5. The van der Waals surface area contributed by atoms with Crippen molar-refractivity contribution in [2.75, 3.05) is 22.6 Å². The Morgan fingerprint density at radius 1 is 0.463 bits per heavy atom. The van der Waals surface area contributed by atoms with Crippen LogP contribution >= 0.6 is 104 Å². The number of fused-ring (bicyclic) bond motifs is 3. The van der Waals surface area contributed by atoms with Gasteiger partial charge in [-0.3, -0.25) is 33.0 Å². The molecule has 0 fully saturated rings. The van der Waals surface area contributed by atoms with Crippen molar-refractivity contribution in [3.8, 4) is 0 Å². The fourth-order valence-corrected chi connectivity index (χ4v) is 11.5. The van der Waals surface area contributed by atoms with E-state index in [9.17, 15) is 33.0 Å². The van der Waals surface area contributed by atoms with Gasteiger partial charge in [0.2, 0.25) is 16.3 Å². The number of para-hydroxylation sites is 1. The fraction of sp³-hybridized carbons (Fsp3) is 0.227. The zero-order valence-electron chi connectivity index (χ0n) is 51.8. The van der Waals surface area contributed by atoms with Gasteiger partial charge in [-0.25, -0.2) is 0 Å². The maximum absolute atomic E-state index is 13.3. The standard InChI is InChI=1S/C21H19Cl3N2O2.C20H17Cl3N2O2.C16H18ClNO3S.C6H5Cl2N.3CO2/c1-10(2)8-16(27)18-20(28)17-11(3)4-6-13(23)19(17)26-21(18)25-15-7-5-12(22)9-14(15)24;1-10(2)8-16(26)17-19(27)12-4-3-5-13(22)18(12)25-20(17)24-15-7-6-11(21)9-14(15)23;1-8(2)7-11(19)13-15(20)12-9(3)5-6-10(17)14(12)18-16(13)22(4)21;7-4-1-2-6(9)5(8)3-4;3*2-1-3/h4-7,9-10H,8H2,1-3H3,(H2,25,26,28);3-7,9-10H,8H2,1-2H3,(H2,24,25,27);5-6,8H,7H2,1-4H3,(H,18,20);1-3H,9H2;;;. The number of carbonyl (C=O) groups is 3. The van der Waals surface area contributed by atoms with Gasteiger partial charge in [0.15, 0.2) is 17.3 Å². The van der Waals surface area contributed by atoms with Gasteiger partial charge in [-0.2, -0.15) is 28.8 Å². The van der Waals surface area contributed by atoms with Gasteiger partial charge in [0.05, 0.1) is 90.9 Å². The minimum absolute atomic E-state index is 0.00704. The van der Waals surface area contributed by atoms with E-state index in [1.54, 1.807) is 104 Å². The number of ketones is 3. The van der Waals surface area contributed by atoms with Crippen LogP contribution in [0.15, 0.2) is 116 Å². The molecule has 0 aliphatic rings. The van der Waals surface area contributed by atoms with E-state index in [1.807, 2.05) is 48.5 Å². The highest BCUT2D eigenvalue weighted by atomic mass is 35.5. The van der Waals surface area contributed by atoms with Gasteiger partial charge in [0, 0.05) is 46.0 Å². The number of aromatic amines is 3. The average molecular weight is 1500 g/mol. The Labute approximate surface area is 591 Å². The van der Waals surface area contributed by atoms with Crippen LogP contribution in [-0.2, 0) is 39.6 Å². The summed E-state index contributed by atoms with van der Waals surface area (Å²) in [7, 11) is -1.49. The zero-order valence-corrected chi connectivity index (χ0v) is 59.4. The number of hydrogen-bond donors (Lipinski definition) is 6. The van der Waals surface area contributed by atoms with Crippen LogP contribution in [0.2, 0.25) is 45.2 Å². The quantitative estimate of drug-likeness (QED) is 0.0435. The highest BCUT2D eigenvalue weighted by molar-refractivity contribution is 7.84. The van der Waals surface area contributed by atoms with E-state index in [4.69, 9.17) is 139 Å². The molecule has 0 radical (unpaired) electrons. The average Bonchev–Trinajstić information content (AvgIpc) is 0.776. The summed E-state index contributed by atoms with van der Waals surface area (Å²) in [6.45, 7) is 15.1. The summed E-state index contributed by atoms with van der Waals surface area (Å²) in [6, 6.07) is 26.7. The molecule has 500 valence electrons. The molecule has 1 unspecified atom stereocenters. The number of aryl methyl sites for hydroxylation is 2. The number of benzene rings is 6. The molecule has 29 heteroatoms. The van der Waals surface area contributed by atoms with Gasteiger partial charge in [0.25, 0.3) is 0 Å². The maximum Gasteiger partial charge on any atom is 0.373 e. The van der Waals surface area contributed by atoms with Crippen molar-refractivity contribution in [3.63, 3.8) is 0 Å². The summed E-state index contributed by atoms with van der Waals surface area (Å²) in [4.78, 5) is 135. The van der Waals surface area contributed by atoms with E-state index in [2.05, 4.69) is 25.6 Å². The zero-order chi connectivity index (χ0) is 71.9. The first-order valence-corrected chi connectivity index (χ1v) is 32.7. The van der Waals surface area contributed by atoms with E-state index < -0.39 is 16.2 Å². The maximum atomic E-state index is 13.3. The fourth-order valence-electron chi connectivity index (χ4n) is 8.86. The molecule has 3 heterocycles. The first-order chi connectivity index (χ1) is 44.6. The molecule has 19 nitrogen and oxygen atoms in total. The summed E-state index contributed by atoms with van der Waals surface area (Å²) in [5, 5.41) is 11.4. The Bertz CT molecular complexity index is 4620. The Hall–Kier alpha value is -7.74. The van der Waals surface area contributed by atoms with E-state index in [-0.39, 0.29) is 117 Å². The van der Waals surface area contributed by atoms with Crippen molar-refractivity contribution < 1.29 is 47.4 Å². The third-order valence-electron chi connectivity index (χ3n) is 12.8. The van der Waals surface area contributed by atoms with E-state index in [0.29, 0.717) is 95.0 Å². The van der Waals surface area contributed by atoms with Crippen molar-refractivity contribution in [1.29, 1.82) is 0 Å². The van der Waals surface area contributed by atoms with E-state index >= 15 is 0 Å². The van der Waals surface area contributed by atoms with Crippen molar-refractivity contribution in [1.82, 2.24) is 15.0 Å². The molecule has 0 spiro atoms. The largest absolute Gasteiger partial charge is 0.398 e. The smallest absolute Gasteiger partial charge is 0.373 e. The number of nitrogens with one attached hydrogen (secondary N) is 5. The number of rotatable bonds is 14. The molecular formula is C66H59Cl9N6O13S. The molecule has 0 saturated heterocycles. The predicted molar refractivity (Wildman–Crippen MR) is 377 cm³/mol. The first-order valence-electron chi connectivity index (χ1n) is 27.7. The number of H-pyrrole nitrogens is 3. The highest BCUT2D eigenvalue weighted by Gasteiger charge is 2.26. The van der Waals surface area contributed by atoms with Crippen molar-refractivity contribution in [2.45, 2.75) is 79.7 Å². The molecule has 7 N–H and O–H groups in total. The molecule has 3 aromatic heterocycles. The number of halogens is 9. The van der Waals surface area contributed by atoms with Crippen LogP contribution in [0.4, 0.5) is 28.7 Å². The summed E-state index contributed by atoms with van der Waals surface area (Å²) < 4.78 is 12.0. The molecule has 1 atom stereocenters. The van der Waals surface area contributed by atoms with Gasteiger partial charge in [-0.1, -0.05) is 164 Å². The second-order valence-electron chi connectivity index (χ2n) is 21.4. The molecule has 95 heavy (non-hydrogen) atoms. The lowest BCUT2D eigenvalue weighted by Crippen LogP contribution is -2.22. The third kappa shape index (κ3) is 23.0. The van der Waals surface area contributed by atoms with Crippen LogP contribution < -0.4 is 32.7 Å². The topological polar surface area (TPSA) is 319 Å². The minimum Gasteiger partial charge on any atom is -0.398 e. The van der Waals surface area contributed by atoms with Gasteiger partial charge in [0.1, 0.15) is 27.8 Å². The molecule has 6 aromatic carbocycles. The molecule has 9 rings (SSSR count). The Balaban J connectivity index is 0.000000330. The third-order valence-corrected chi connectivity index (χ3v) is 16.3. The lowest BCUT2D eigenvalue weighted by Gasteiger charge is -2.16. The Kier molecular flexibility index (Phi) is 33.2. The molecule has 0 aliphatic heterocycles. The summed E-state index contributed by atoms with van der Waals surface area (Å²) in [5.74, 6) is 0.0686. The molecule has 0 amide bonds. The lowest BCUT2D eigenvalue weighted by molar-refractivity contribution is -0.193. The molecule has 0 bridgehead atoms. The van der Waals surface area contributed by atoms with Crippen molar-refractivity contribution in [3.05, 3.63) is 201 Å². The minimum atomic E-state index is -1.49. The van der Waals surface area contributed by atoms with Gasteiger partial charge in [-0.05, 0) is 122 Å². The number of Topliss-reactive ketones (excluding diaryl/α,β-unsaturated/α-hetero) is 3. The van der Waals surface area contributed by atoms with Crippen LogP contribution in [0.25, 0.3) is 32.7 Å². The molecular weight excluding hydrogens is 1440 g/mol. The lowest BCUT2D eigenvalue weighted by atomic mass is 9.98. The number of hydrogen-bond acceptors (Lipinski definition) is 16. The number of nitrogens with two attached hydrogens (primary N) is 1. The van der Waals surface area contributed by atoms with Gasteiger partial charge >= 0.3 is 18.5 Å². The van der Waals surface area contributed by atoms with Gasteiger partial charge < -0.3 is 31.3 Å². The number of nitrogen functional groups attached to an aromatic ring is 1. The number of aromatic nitrogens is 3. The Morgan fingerprint density at radius 2 is 0.811 bits per heavy atom. The SMILES string of the molecule is CC(C)CC(=O)c1c(Nc2ccc(Cl)cc2Cl)[nH]c2c(Cl)cccc2c1=O.Cc1ccc(Cl)c2[nH]c(Nc3ccc(Cl)cc3Cl)c(C(=O)CC(C)C)c(=O)c12.Cc1ccc(Cl)c2[nH]c(S(C)=O)c(C(=O)CC(C)C)c(=O)c12.Nc1ccc(Cl)cc1Cl.O=C=O.O=C=O.O=C=O. The van der Waals surface area contributed by atoms with Crippen molar-refractivity contribution >= 4 is 212 Å². The van der Waals surface area contributed by atoms with Crippen LogP contribution in [0, 0.1) is 31.6 Å². The monoisotopic (exact) mass is 1490 g/mol. The number of pyridine rings is 3. The first kappa shape index (κ1) is 81.5. The predicted octanol–water partition coefficient (Wildman–Crippen LogP) is 17.5. The Morgan fingerprint density at radius 3 is 1.19 bits per heavy atom. The van der Waals surface area contributed by atoms with Crippen LogP contribution in [-0.4, -0.2) is 61.2 Å². The number of carbonyl (C=O) groups excluding carboxylic acids is 9. The van der Waals surface area contributed by atoms with Crippen molar-refractivity contribution in [2.24, 2.45) is 17.8 Å². The highest BCUT2D eigenvalue weighted by Crippen LogP contribution is 2.34. The molecule has 9 aromatic rings. The van der Waals surface area contributed by atoms with Crippen LogP contribution in [0.3, 0.4) is 0 Å². The number of anilines is 5. The molecule has 0 saturated carbocycles. The molecule has 0 aliphatic carbocycles. The normalized spacial score (nSPS) is 10.6. The van der Waals surface area contributed by atoms with E-state index in [1.165, 1.54) is 6.26 Å². The summed E-state index contributed by atoms with van der Waals surface area (Å²) in [6.07, 6.45) is 2.92. The van der Waals surface area contributed by atoms with Crippen LogP contribution in [0.5, 0.6) is 0 Å². The summed E-state index contributed by atoms with van der Waals surface area (Å²) in [5.41, 5.74) is 8.82.